The van der Waals surface area contributed by atoms with Crippen LogP contribution < -0.4 is 4.31 Å². The van der Waals surface area contributed by atoms with Gasteiger partial charge in [-0.15, -0.1) is 0 Å². The van der Waals surface area contributed by atoms with Crippen molar-refractivity contribution in [2.45, 2.75) is 37.6 Å². The molecule has 3 nitrogen and oxygen atoms in total. The van der Waals surface area contributed by atoms with Crippen LogP contribution in [0.25, 0.3) is 0 Å². The molecule has 3 rings (SSSR count). The van der Waals surface area contributed by atoms with E-state index in [1.165, 1.54) is 0 Å². The van der Waals surface area contributed by atoms with Crippen molar-refractivity contribution < 1.29 is 8.42 Å². The first-order valence-electron chi connectivity index (χ1n) is 7.70. The molecule has 2 aromatic carbocycles. The van der Waals surface area contributed by atoms with Crippen LogP contribution in [0.2, 0.25) is 0 Å². The number of halogens is 1. The zero-order chi connectivity index (χ0) is 16.6. The monoisotopic (exact) mass is 393 g/mol. The highest BCUT2D eigenvalue weighted by Gasteiger charge is 2.35. The molecule has 0 bridgehead atoms. The maximum Gasteiger partial charge on any atom is 0.264 e. The summed E-state index contributed by atoms with van der Waals surface area (Å²) in [6.07, 6.45) is 1.74. The van der Waals surface area contributed by atoms with Crippen LogP contribution in [0.4, 0.5) is 5.69 Å². The molecular formula is C18H20BrNO2S. The van der Waals surface area contributed by atoms with Crippen molar-refractivity contribution in [3.8, 4) is 0 Å². The van der Waals surface area contributed by atoms with Crippen LogP contribution in [0.3, 0.4) is 0 Å². The molecule has 0 aliphatic carbocycles. The quantitative estimate of drug-likeness (QED) is 0.732. The van der Waals surface area contributed by atoms with E-state index in [9.17, 15) is 8.42 Å². The van der Waals surface area contributed by atoms with Crippen LogP contribution in [0.15, 0.2) is 47.4 Å². The average molecular weight is 394 g/mol. The summed E-state index contributed by atoms with van der Waals surface area (Å²) in [7, 11) is -3.56. The number of hydrogen-bond acceptors (Lipinski definition) is 2. The lowest BCUT2D eigenvalue weighted by Gasteiger charge is -2.37. The number of alkyl halides is 1. The molecule has 0 fully saturated rings. The summed E-state index contributed by atoms with van der Waals surface area (Å²) in [4.78, 5) is 0.350. The Balaban J connectivity index is 2.14. The van der Waals surface area contributed by atoms with E-state index in [2.05, 4.69) is 22.0 Å². The molecule has 23 heavy (non-hydrogen) atoms. The van der Waals surface area contributed by atoms with Gasteiger partial charge in [0, 0.05) is 5.33 Å². The fourth-order valence-electron chi connectivity index (χ4n) is 3.05. The molecule has 0 saturated carbocycles. The fraction of sp³-hybridized carbons (Fsp3) is 0.333. The SMILES string of the molecule is Cc1ccc(S(=O)(=O)N2c3ccc(C)cc3CCC2CBr)cc1. The van der Waals surface area contributed by atoms with Gasteiger partial charge in [0.05, 0.1) is 16.6 Å². The van der Waals surface area contributed by atoms with E-state index in [1.54, 1.807) is 16.4 Å². The smallest absolute Gasteiger partial charge is 0.262 e. The second kappa shape index (κ2) is 6.29. The maximum atomic E-state index is 13.2. The molecule has 0 N–H and O–H groups in total. The Morgan fingerprint density at radius 3 is 2.39 bits per heavy atom. The van der Waals surface area contributed by atoms with Crippen molar-refractivity contribution in [3.05, 3.63) is 59.2 Å². The number of fused-ring (bicyclic) bond motifs is 1. The van der Waals surface area contributed by atoms with Gasteiger partial charge in [-0.1, -0.05) is 51.3 Å². The molecule has 1 aliphatic heterocycles. The fourth-order valence-corrected chi connectivity index (χ4v) is 5.58. The summed E-state index contributed by atoms with van der Waals surface area (Å²) in [5.74, 6) is 0. The maximum absolute atomic E-state index is 13.2. The minimum absolute atomic E-state index is 0.0588. The van der Waals surface area contributed by atoms with E-state index in [0.717, 1.165) is 35.2 Å². The highest BCUT2D eigenvalue weighted by Crippen LogP contribution is 2.36. The van der Waals surface area contributed by atoms with Crippen LogP contribution in [0, 0.1) is 13.8 Å². The van der Waals surface area contributed by atoms with Crippen LogP contribution >= 0.6 is 15.9 Å². The molecule has 122 valence electrons. The van der Waals surface area contributed by atoms with Crippen molar-refractivity contribution >= 4 is 31.6 Å². The van der Waals surface area contributed by atoms with Crippen molar-refractivity contribution in [1.82, 2.24) is 0 Å². The van der Waals surface area contributed by atoms with Gasteiger partial charge < -0.3 is 0 Å². The standard InChI is InChI=1S/C18H20BrNO2S/c1-13-3-8-17(9-4-13)23(21,22)20-16(12-19)7-6-15-11-14(2)5-10-18(15)20/h3-5,8-11,16H,6-7,12H2,1-2H3. The Morgan fingerprint density at radius 1 is 1.09 bits per heavy atom. The van der Waals surface area contributed by atoms with Gasteiger partial charge in [0.1, 0.15) is 0 Å². The third kappa shape index (κ3) is 3.04. The largest absolute Gasteiger partial charge is 0.264 e. The van der Waals surface area contributed by atoms with Gasteiger partial charge in [0.2, 0.25) is 0 Å². The van der Waals surface area contributed by atoms with Crippen molar-refractivity contribution in [2.24, 2.45) is 0 Å². The Labute approximate surface area is 146 Å². The first-order valence-corrected chi connectivity index (χ1v) is 10.3. The summed E-state index contributed by atoms with van der Waals surface area (Å²) in [5.41, 5.74) is 4.13. The van der Waals surface area contributed by atoms with Gasteiger partial charge in [-0.3, -0.25) is 4.31 Å². The normalized spacial score (nSPS) is 17.9. The predicted octanol–water partition coefficient (Wildman–Crippen LogP) is 4.21. The van der Waals surface area contributed by atoms with E-state index in [1.807, 2.05) is 38.1 Å². The number of hydrogen-bond donors (Lipinski definition) is 0. The van der Waals surface area contributed by atoms with E-state index >= 15 is 0 Å². The number of sulfonamides is 1. The van der Waals surface area contributed by atoms with Crippen LogP contribution in [-0.4, -0.2) is 19.8 Å². The summed E-state index contributed by atoms with van der Waals surface area (Å²) in [6, 6.07) is 13.0. The molecule has 0 spiro atoms. The molecule has 0 aromatic heterocycles. The second-order valence-electron chi connectivity index (χ2n) is 6.09. The van der Waals surface area contributed by atoms with Gasteiger partial charge >= 0.3 is 0 Å². The first kappa shape index (κ1) is 16.5. The van der Waals surface area contributed by atoms with E-state index in [0.29, 0.717) is 10.2 Å². The first-order chi connectivity index (χ1) is 10.9. The third-order valence-corrected chi connectivity index (χ3v) is 6.93. The lowest BCUT2D eigenvalue weighted by Crippen LogP contribution is -2.44. The Hall–Kier alpha value is -1.33. The second-order valence-corrected chi connectivity index (χ2v) is 8.56. The molecular weight excluding hydrogens is 374 g/mol. The highest BCUT2D eigenvalue weighted by atomic mass is 79.9. The van der Waals surface area contributed by atoms with Gasteiger partial charge in [0.25, 0.3) is 10.0 Å². The minimum Gasteiger partial charge on any atom is -0.262 e. The van der Waals surface area contributed by atoms with Crippen molar-refractivity contribution in [3.63, 3.8) is 0 Å². The Morgan fingerprint density at radius 2 is 1.74 bits per heavy atom. The molecule has 1 aliphatic rings. The zero-order valence-corrected chi connectivity index (χ0v) is 15.7. The lowest BCUT2D eigenvalue weighted by atomic mass is 9.97. The van der Waals surface area contributed by atoms with E-state index < -0.39 is 10.0 Å². The van der Waals surface area contributed by atoms with Gasteiger partial charge in [-0.05, 0) is 50.5 Å². The number of anilines is 1. The number of rotatable bonds is 3. The average Bonchev–Trinajstić information content (AvgIpc) is 2.53. The summed E-state index contributed by atoms with van der Waals surface area (Å²) >= 11 is 3.49. The lowest BCUT2D eigenvalue weighted by molar-refractivity contribution is 0.566. The molecule has 2 aromatic rings. The summed E-state index contributed by atoms with van der Waals surface area (Å²) in [5, 5.41) is 0.630. The number of nitrogens with zero attached hydrogens (tertiary/aromatic N) is 1. The Kier molecular flexibility index (Phi) is 4.52. The van der Waals surface area contributed by atoms with Crippen molar-refractivity contribution in [1.29, 1.82) is 0 Å². The summed E-state index contributed by atoms with van der Waals surface area (Å²) < 4.78 is 28.0. The van der Waals surface area contributed by atoms with Gasteiger partial charge in [0.15, 0.2) is 0 Å². The molecule has 1 heterocycles. The number of benzene rings is 2. The van der Waals surface area contributed by atoms with Crippen LogP contribution in [0.5, 0.6) is 0 Å². The predicted molar refractivity (Wildman–Crippen MR) is 97.9 cm³/mol. The van der Waals surface area contributed by atoms with E-state index in [4.69, 9.17) is 0 Å². The topological polar surface area (TPSA) is 37.4 Å². The van der Waals surface area contributed by atoms with Crippen LogP contribution in [0.1, 0.15) is 23.1 Å². The molecule has 1 atom stereocenters. The third-order valence-electron chi connectivity index (χ3n) is 4.31. The van der Waals surface area contributed by atoms with Gasteiger partial charge in [-0.2, -0.15) is 0 Å². The summed E-state index contributed by atoms with van der Waals surface area (Å²) in [6.45, 7) is 3.99. The van der Waals surface area contributed by atoms with Gasteiger partial charge in [-0.25, -0.2) is 8.42 Å². The molecule has 0 amide bonds. The van der Waals surface area contributed by atoms with E-state index in [-0.39, 0.29) is 6.04 Å². The van der Waals surface area contributed by atoms with Crippen LogP contribution in [-0.2, 0) is 16.4 Å². The zero-order valence-electron chi connectivity index (χ0n) is 13.3. The van der Waals surface area contributed by atoms with Crippen molar-refractivity contribution in [2.75, 3.05) is 9.64 Å². The minimum atomic E-state index is -3.56. The molecule has 1 unspecified atom stereocenters. The highest BCUT2D eigenvalue weighted by molar-refractivity contribution is 9.09. The molecule has 0 saturated heterocycles. The molecule has 0 radical (unpaired) electrons. The number of aryl methyl sites for hydroxylation is 3. The Bertz CT molecular complexity index is 815. The molecule has 5 heteroatoms.